The van der Waals surface area contributed by atoms with Crippen molar-refractivity contribution in [3.05, 3.63) is 127 Å². The smallest absolute Gasteiger partial charge is 0.0534 e. The van der Waals surface area contributed by atoms with Crippen LogP contribution in [0.5, 0.6) is 0 Å². The third kappa shape index (κ3) is 3.12. The predicted molar refractivity (Wildman–Crippen MR) is 172 cm³/mol. The Balaban J connectivity index is 1.44. The highest BCUT2D eigenvalue weighted by Crippen LogP contribution is 2.45. The molecular formula is C36H21NS2. The third-order valence-electron chi connectivity index (χ3n) is 8.06. The highest BCUT2D eigenvalue weighted by molar-refractivity contribution is 7.25. The summed E-state index contributed by atoms with van der Waals surface area (Å²) in [5.74, 6) is 0. The molecule has 0 saturated carbocycles. The number of hydrogen-bond donors (Lipinski definition) is 0. The molecule has 0 aliphatic heterocycles. The van der Waals surface area contributed by atoms with Gasteiger partial charge in [-0.25, -0.2) is 0 Å². The first-order valence-electron chi connectivity index (χ1n) is 13.2. The quantitative estimate of drug-likeness (QED) is 0.196. The number of rotatable bonds is 2. The molecule has 0 atom stereocenters. The molecule has 3 aromatic heterocycles. The molecule has 39 heavy (non-hydrogen) atoms. The van der Waals surface area contributed by atoms with Crippen LogP contribution in [-0.4, -0.2) is 4.57 Å². The van der Waals surface area contributed by atoms with Crippen LogP contribution in [0.2, 0.25) is 0 Å². The number of benzene rings is 6. The van der Waals surface area contributed by atoms with E-state index in [1.807, 2.05) is 22.7 Å². The van der Waals surface area contributed by atoms with E-state index in [-0.39, 0.29) is 0 Å². The van der Waals surface area contributed by atoms with E-state index in [1.54, 1.807) is 0 Å². The first kappa shape index (κ1) is 21.5. The molecule has 0 radical (unpaired) electrons. The van der Waals surface area contributed by atoms with Crippen molar-refractivity contribution in [2.45, 2.75) is 0 Å². The van der Waals surface area contributed by atoms with Gasteiger partial charge in [-0.2, -0.15) is 0 Å². The Morgan fingerprint density at radius 1 is 0.462 bits per heavy atom. The number of thiophene rings is 2. The Hall–Kier alpha value is -4.44. The Morgan fingerprint density at radius 2 is 1.26 bits per heavy atom. The molecule has 3 heteroatoms. The lowest BCUT2D eigenvalue weighted by Crippen LogP contribution is -1.91. The highest BCUT2D eigenvalue weighted by Gasteiger charge is 2.17. The van der Waals surface area contributed by atoms with Gasteiger partial charge in [0, 0.05) is 53.1 Å². The molecule has 3 heterocycles. The first-order chi connectivity index (χ1) is 19.3. The Bertz CT molecular complexity index is 2390. The van der Waals surface area contributed by atoms with Gasteiger partial charge in [-0.1, -0.05) is 54.6 Å². The van der Waals surface area contributed by atoms with Crippen molar-refractivity contribution < 1.29 is 0 Å². The molecular weight excluding hydrogens is 511 g/mol. The van der Waals surface area contributed by atoms with E-state index in [1.165, 1.54) is 79.5 Å². The van der Waals surface area contributed by atoms with Gasteiger partial charge < -0.3 is 4.57 Å². The van der Waals surface area contributed by atoms with Gasteiger partial charge in [0.15, 0.2) is 0 Å². The minimum Gasteiger partial charge on any atom is -0.317 e. The van der Waals surface area contributed by atoms with Gasteiger partial charge >= 0.3 is 0 Å². The highest BCUT2D eigenvalue weighted by atomic mass is 32.1. The molecule has 6 aromatic carbocycles. The number of hydrogen-bond acceptors (Lipinski definition) is 2. The maximum absolute atomic E-state index is 2.45. The molecule has 0 aliphatic rings. The van der Waals surface area contributed by atoms with E-state index < -0.39 is 0 Å². The van der Waals surface area contributed by atoms with Crippen LogP contribution in [0.4, 0.5) is 0 Å². The van der Waals surface area contributed by atoms with Gasteiger partial charge in [0.1, 0.15) is 0 Å². The summed E-state index contributed by atoms with van der Waals surface area (Å²) in [4.78, 5) is 0. The van der Waals surface area contributed by atoms with Crippen LogP contribution in [0.3, 0.4) is 0 Å². The average molecular weight is 532 g/mol. The molecule has 0 amide bonds. The summed E-state index contributed by atoms with van der Waals surface area (Å²) in [5.41, 5.74) is 5.05. The zero-order chi connectivity index (χ0) is 25.5. The second-order valence-electron chi connectivity index (χ2n) is 10.2. The lowest BCUT2D eigenvalue weighted by molar-refractivity contribution is 1.13. The molecule has 0 saturated heterocycles. The van der Waals surface area contributed by atoms with Crippen molar-refractivity contribution in [2.75, 3.05) is 0 Å². The number of aromatic nitrogens is 1. The molecule has 0 aliphatic carbocycles. The second-order valence-corrected chi connectivity index (χ2v) is 12.2. The van der Waals surface area contributed by atoms with Crippen LogP contribution in [0.15, 0.2) is 127 Å². The number of para-hydroxylation sites is 1. The summed E-state index contributed by atoms with van der Waals surface area (Å²) in [6.07, 6.45) is 2.19. The fraction of sp³-hybridized carbons (Fsp3) is 0. The largest absolute Gasteiger partial charge is 0.317 e. The maximum atomic E-state index is 2.45. The van der Waals surface area contributed by atoms with E-state index in [4.69, 9.17) is 0 Å². The maximum Gasteiger partial charge on any atom is 0.0534 e. The molecule has 0 bridgehead atoms. The predicted octanol–water partition coefficient (Wildman–Crippen LogP) is 11.2. The summed E-state index contributed by atoms with van der Waals surface area (Å²) >= 11 is 3.73. The Kier molecular flexibility index (Phi) is 4.43. The molecule has 9 aromatic rings. The van der Waals surface area contributed by atoms with E-state index in [2.05, 4.69) is 131 Å². The molecule has 9 rings (SSSR count). The van der Waals surface area contributed by atoms with Gasteiger partial charge in [-0.3, -0.25) is 0 Å². The zero-order valence-corrected chi connectivity index (χ0v) is 22.5. The molecule has 1 nitrogen and oxygen atoms in total. The van der Waals surface area contributed by atoms with Crippen molar-refractivity contribution in [3.8, 4) is 16.8 Å². The second kappa shape index (κ2) is 8.03. The van der Waals surface area contributed by atoms with Crippen LogP contribution < -0.4 is 0 Å². The van der Waals surface area contributed by atoms with E-state index in [0.717, 1.165) is 0 Å². The van der Waals surface area contributed by atoms with E-state index in [0.29, 0.717) is 0 Å². The average Bonchev–Trinajstić information content (AvgIpc) is 3.70. The minimum atomic E-state index is 1.18. The van der Waals surface area contributed by atoms with Gasteiger partial charge in [0.25, 0.3) is 0 Å². The summed E-state index contributed by atoms with van der Waals surface area (Å²) < 4.78 is 6.32. The van der Waals surface area contributed by atoms with Crippen molar-refractivity contribution >= 4 is 85.4 Å². The van der Waals surface area contributed by atoms with Crippen molar-refractivity contribution in [2.24, 2.45) is 0 Å². The summed E-state index contributed by atoms with van der Waals surface area (Å²) in [6, 6.07) is 42.5. The minimum absolute atomic E-state index is 1.18. The summed E-state index contributed by atoms with van der Waals surface area (Å²) in [5, 5.41) is 12.9. The van der Waals surface area contributed by atoms with Crippen molar-refractivity contribution in [1.82, 2.24) is 4.57 Å². The van der Waals surface area contributed by atoms with Crippen molar-refractivity contribution in [1.29, 1.82) is 0 Å². The topological polar surface area (TPSA) is 4.93 Å². The molecule has 182 valence electrons. The van der Waals surface area contributed by atoms with Crippen LogP contribution in [0.25, 0.3) is 79.5 Å². The third-order valence-corrected chi connectivity index (χ3v) is 10.2. The monoisotopic (exact) mass is 531 g/mol. The molecule has 0 fully saturated rings. The molecule has 0 N–H and O–H groups in total. The Morgan fingerprint density at radius 3 is 2.15 bits per heavy atom. The van der Waals surface area contributed by atoms with Crippen LogP contribution in [0.1, 0.15) is 0 Å². The van der Waals surface area contributed by atoms with Gasteiger partial charge in [0.2, 0.25) is 0 Å². The number of nitrogens with zero attached hydrogens (tertiary/aromatic N) is 1. The fourth-order valence-electron chi connectivity index (χ4n) is 6.22. The zero-order valence-electron chi connectivity index (χ0n) is 20.9. The molecule has 0 unspecified atom stereocenters. The van der Waals surface area contributed by atoms with Crippen LogP contribution >= 0.6 is 22.7 Å². The molecule has 0 spiro atoms. The van der Waals surface area contributed by atoms with Gasteiger partial charge in [-0.05, 0) is 93.2 Å². The number of fused-ring (bicyclic) bond motifs is 8. The normalized spacial score (nSPS) is 12.1. The van der Waals surface area contributed by atoms with Gasteiger partial charge in [0.05, 0.1) is 5.52 Å². The van der Waals surface area contributed by atoms with E-state index in [9.17, 15) is 0 Å². The summed E-state index contributed by atoms with van der Waals surface area (Å²) in [7, 11) is 0. The van der Waals surface area contributed by atoms with Gasteiger partial charge in [-0.15, -0.1) is 22.7 Å². The van der Waals surface area contributed by atoms with Crippen LogP contribution in [-0.2, 0) is 0 Å². The van der Waals surface area contributed by atoms with E-state index >= 15 is 0 Å². The standard InChI is InChI=1S/C36H21NS2/c1-2-8-24(9-3-1)37-15-14-22-16-27-23(18-33(22)37)17-28(32-21-38-34-12-6-4-11-26(32)34)29-19-31-25-10-5-7-13-35(25)39-36(31)20-30(27)29/h1-21H. The Labute approximate surface area is 232 Å². The fourth-order valence-corrected chi connectivity index (χ4v) is 8.31. The lowest BCUT2D eigenvalue weighted by Gasteiger charge is -2.13. The first-order valence-corrected chi connectivity index (χ1v) is 14.9. The van der Waals surface area contributed by atoms with Crippen molar-refractivity contribution in [3.63, 3.8) is 0 Å². The SMILES string of the molecule is c1ccc(-n2ccc3cc4c(cc(-c5csc6ccccc56)c5cc6c(cc54)sc4ccccc46)cc32)cc1. The summed E-state index contributed by atoms with van der Waals surface area (Å²) in [6.45, 7) is 0. The van der Waals surface area contributed by atoms with Crippen LogP contribution in [0, 0.1) is 0 Å². The lowest BCUT2D eigenvalue weighted by atomic mass is 9.91.